The number of carbonyl (C=O) groups excluding carboxylic acids is 3. The molecule has 1 aliphatic heterocycles. The summed E-state index contributed by atoms with van der Waals surface area (Å²) in [6, 6.07) is 4.63. The Morgan fingerprint density at radius 3 is 2.04 bits per heavy atom. The lowest BCUT2D eigenvalue weighted by Crippen LogP contribution is -2.54. The highest BCUT2D eigenvalue weighted by Crippen LogP contribution is 2.43. The van der Waals surface area contributed by atoms with E-state index in [1.807, 2.05) is 12.1 Å². The van der Waals surface area contributed by atoms with Gasteiger partial charge in [-0.3, -0.25) is 18.9 Å². The molecule has 0 bridgehead atoms. The fourth-order valence-electron chi connectivity index (χ4n) is 8.12. The van der Waals surface area contributed by atoms with E-state index in [9.17, 15) is 33.8 Å². The van der Waals surface area contributed by atoms with Crippen LogP contribution in [-0.4, -0.2) is 102 Å². The highest BCUT2D eigenvalue weighted by molar-refractivity contribution is 7.52. The molecule has 0 spiro atoms. The Labute approximate surface area is 332 Å². The Bertz CT molecular complexity index is 1370. The first-order chi connectivity index (χ1) is 25.8. The number of aliphatic hydroxyl groups is 1. The quantitative estimate of drug-likeness (QED) is 0.0316. The molecule has 1 saturated heterocycles. The Hall–Kier alpha value is -2.28. The van der Waals surface area contributed by atoms with Gasteiger partial charge < -0.3 is 39.2 Å². The number of hydrogen-bond acceptors (Lipinski definition) is 7. The topological polar surface area (TPSA) is 166 Å². The maximum Gasteiger partial charge on any atom is 0.334 e. The molecule has 1 aliphatic rings. The highest BCUT2D eigenvalue weighted by Gasteiger charge is 2.47. The molecule has 2 rings (SSSR count). The lowest BCUT2D eigenvalue weighted by Gasteiger charge is -2.44. The lowest BCUT2D eigenvalue weighted by atomic mass is 10.0. The van der Waals surface area contributed by atoms with Crippen molar-refractivity contribution < 1.29 is 43.0 Å². The summed E-state index contributed by atoms with van der Waals surface area (Å²) in [7, 11) is -5.63. The van der Waals surface area contributed by atoms with Crippen molar-refractivity contribution in [1.29, 1.82) is 0 Å². The largest absolute Gasteiger partial charge is 0.491 e. The van der Waals surface area contributed by atoms with Crippen molar-refractivity contribution in [1.82, 2.24) is 15.1 Å². The third kappa shape index (κ3) is 15.9. The smallest absolute Gasteiger partial charge is 0.334 e. The number of nitrogens with one attached hydrogen (secondary N) is 1. The van der Waals surface area contributed by atoms with E-state index in [0.29, 0.717) is 24.3 Å². The summed E-state index contributed by atoms with van der Waals surface area (Å²) >= 11 is 0. The van der Waals surface area contributed by atoms with Crippen molar-refractivity contribution in [3.8, 4) is 5.75 Å². The fraction of sp³-hybridized carbons (Fsp3) is 0.780. The van der Waals surface area contributed by atoms with Gasteiger partial charge in [-0.25, -0.2) is 0 Å². The summed E-state index contributed by atoms with van der Waals surface area (Å²) in [5.74, 6) is -1.15. The van der Waals surface area contributed by atoms with Gasteiger partial charge in [-0.15, -0.1) is 0 Å². The molecule has 3 amide bonds. The van der Waals surface area contributed by atoms with Crippen molar-refractivity contribution >= 4 is 33.6 Å². The van der Waals surface area contributed by atoms with E-state index < -0.39 is 46.2 Å². The molecule has 1 aromatic rings. The number of rotatable bonds is 26. The van der Waals surface area contributed by atoms with Crippen LogP contribution in [0, 0.1) is 0 Å². The average Bonchev–Trinajstić information content (AvgIpc) is 3.58. The van der Waals surface area contributed by atoms with Crippen LogP contribution in [0.4, 0.5) is 0 Å². The van der Waals surface area contributed by atoms with Crippen molar-refractivity contribution in [3.05, 3.63) is 29.3 Å². The van der Waals surface area contributed by atoms with Crippen molar-refractivity contribution in [3.63, 3.8) is 0 Å². The third-order valence-electron chi connectivity index (χ3n) is 11.2. The Kier molecular flexibility index (Phi) is 21.2. The number of likely N-dealkylation sites (N-methyl/N-ethyl adjacent to an activating group) is 1. The van der Waals surface area contributed by atoms with E-state index in [1.165, 1.54) is 58.4 Å². The van der Waals surface area contributed by atoms with E-state index in [2.05, 4.69) is 53.8 Å². The molecule has 12 nitrogen and oxygen atoms in total. The summed E-state index contributed by atoms with van der Waals surface area (Å²) in [6.07, 6.45) is 12.5. The Balaban J connectivity index is 2.19. The van der Waals surface area contributed by atoms with Gasteiger partial charge in [-0.1, -0.05) is 112 Å². The minimum atomic E-state index is -4.56. The molecule has 14 heteroatoms. The van der Waals surface area contributed by atoms with Gasteiger partial charge in [-0.2, -0.15) is 0 Å². The van der Waals surface area contributed by atoms with Crippen LogP contribution in [0.3, 0.4) is 0 Å². The maximum absolute atomic E-state index is 13.9. The highest BCUT2D eigenvalue weighted by atomic mass is 31.2. The van der Waals surface area contributed by atoms with Gasteiger partial charge in [0.15, 0.2) is 6.29 Å². The first-order valence-corrected chi connectivity index (χ1v) is 24.8. The van der Waals surface area contributed by atoms with E-state index in [1.54, 1.807) is 17.9 Å². The number of amides is 3. The van der Waals surface area contributed by atoms with E-state index in [0.717, 1.165) is 36.1 Å². The van der Waals surface area contributed by atoms with E-state index in [4.69, 9.17) is 9.16 Å². The SMILES string of the molecule is CCCCCCCCCCCCc1ccc(C(=O)NC(C)[C@H](O)O[Si](C(C)C)(C(C)C)C(C)C)c(OC[C@@H]2CCCN2C(=O)CN(C)C(=O)CP(=O)(O)O)c1. The summed E-state index contributed by atoms with van der Waals surface area (Å²) in [4.78, 5) is 60.4. The molecule has 0 aliphatic carbocycles. The van der Waals surface area contributed by atoms with Crippen LogP contribution in [0.5, 0.6) is 5.75 Å². The van der Waals surface area contributed by atoms with Gasteiger partial charge in [-0.05, 0) is 66.9 Å². The Morgan fingerprint density at radius 1 is 0.927 bits per heavy atom. The molecule has 1 unspecified atom stereocenters. The van der Waals surface area contributed by atoms with Gasteiger partial charge in [0.05, 0.1) is 24.2 Å². The van der Waals surface area contributed by atoms with Crippen molar-refractivity contribution in [2.75, 3.05) is 32.9 Å². The van der Waals surface area contributed by atoms with Crippen LogP contribution >= 0.6 is 7.60 Å². The molecule has 55 heavy (non-hydrogen) atoms. The summed E-state index contributed by atoms with van der Waals surface area (Å²) in [5.41, 5.74) is 2.15. The summed E-state index contributed by atoms with van der Waals surface area (Å²) < 4.78 is 24.2. The van der Waals surface area contributed by atoms with Crippen LogP contribution in [0.25, 0.3) is 0 Å². The second kappa shape index (κ2) is 23.8. The summed E-state index contributed by atoms with van der Waals surface area (Å²) in [6.45, 7) is 17.1. The van der Waals surface area contributed by atoms with E-state index >= 15 is 0 Å². The molecule has 0 aromatic heterocycles. The second-order valence-corrected chi connectivity index (χ2v) is 23.7. The van der Waals surface area contributed by atoms with Crippen molar-refractivity contribution in [2.24, 2.45) is 0 Å². The number of benzene rings is 1. The number of aryl methyl sites for hydroxylation is 1. The maximum atomic E-state index is 13.9. The molecule has 0 saturated carbocycles. The van der Waals surface area contributed by atoms with E-state index in [-0.39, 0.29) is 41.7 Å². The van der Waals surface area contributed by atoms with Crippen LogP contribution in [0.2, 0.25) is 16.6 Å². The number of hydrogen-bond donors (Lipinski definition) is 4. The molecular weight excluding hydrogens is 738 g/mol. The molecule has 316 valence electrons. The predicted molar refractivity (Wildman–Crippen MR) is 222 cm³/mol. The number of aliphatic hydroxyl groups excluding tert-OH is 1. The number of unbranched alkanes of at least 4 members (excludes halogenated alkanes) is 9. The number of ether oxygens (including phenoxy) is 1. The van der Waals surface area contributed by atoms with Crippen LogP contribution in [0.15, 0.2) is 18.2 Å². The Morgan fingerprint density at radius 2 is 1.49 bits per heavy atom. The predicted octanol–water partition coefficient (Wildman–Crippen LogP) is 7.78. The molecule has 0 radical (unpaired) electrons. The molecule has 1 heterocycles. The first kappa shape index (κ1) is 48.9. The zero-order valence-corrected chi connectivity index (χ0v) is 37.2. The minimum absolute atomic E-state index is 0.125. The minimum Gasteiger partial charge on any atom is -0.491 e. The lowest BCUT2D eigenvalue weighted by molar-refractivity contribution is -0.139. The normalized spacial score (nSPS) is 16.2. The van der Waals surface area contributed by atoms with Gasteiger partial charge in [0.25, 0.3) is 5.91 Å². The van der Waals surface area contributed by atoms with Crippen LogP contribution in [0.1, 0.15) is 148 Å². The standard InChI is InChI=1S/C41H74N3O9PSi/c1-10-11-12-13-14-15-16-17-18-19-21-34-23-24-36(40(47)42-33(8)41(48)53-55(30(2)3,31(4)5)32(6)7)37(26-34)52-28-35-22-20-25-44(35)38(45)27-43(9)39(46)29-54(49,50)51/h23-24,26,30-33,35,41,48H,10-22,25,27-29H2,1-9H3,(H,42,47)(H2,49,50,51)/t33?,35-,41+/m0/s1. The number of carbonyl (C=O) groups is 3. The molecule has 1 fully saturated rings. The van der Waals surface area contributed by atoms with Gasteiger partial charge >= 0.3 is 7.60 Å². The zero-order chi connectivity index (χ0) is 41.3. The van der Waals surface area contributed by atoms with Gasteiger partial charge in [0.1, 0.15) is 18.5 Å². The second-order valence-electron chi connectivity index (χ2n) is 16.6. The first-order valence-electron chi connectivity index (χ1n) is 20.8. The molecule has 4 N–H and O–H groups in total. The van der Waals surface area contributed by atoms with Crippen LogP contribution < -0.4 is 10.1 Å². The molecular formula is C41H74N3O9PSi. The zero-order valence-electron chi connectivity index (χ0n) is 35.3. The monoisotopic (exact) mass is 811 g/mol. The molecule has 3 atom stereocenters. The van der Waals surface area contributed by atoms with Crippen molar-refractivity contribution in [2.45, 2.75) is 174 Å². The summed E-state index contributed by atoms with van der Waals surface area (Å²) in [5, 5.41) is 14.2. The van der Waals surface area contributed by atoms with Crippen LogP contribution in [-0.2, 0) is 25.0 Å². The molecule has 1 aromatic carbocycles. The third-order valence-corrected chi connectivity index (χ3v) is 17.9. The van der Waals surface area contributed by atoms with Gasteiger partial charge in [0, 0.05) is 13.6 Å². The average molecular weight is 812 g/mol. The number of likely N-dealkylation sites (tertiary alicyclic amines) is 1. The van der Waals surface area contributed by atoms with Gasteiger partial charge in [0.2, 0.25) is 20.1 Å². The number of nitrogens with zero attached hydrogens (tertiary/aromatic N) is 2. The fourth-order valence-corrected chi connectivity index (χ4v) is 14.2.